The molecule has 40 heavy (non-hydrogen) atoms. The minimum absolute atomic E-state index is 0.0152. The van der Waals surface area contributed by atoms with Crippen molar-refractivity contribution >= 4 is 33.2 Å². The fourth-order valence-electron chi connectivity index (χ4n) is 7.06. The molecule has 4 atom stereocenters. The Hall–Kier alpha value is -2.55. The Kier molecular flexibility index (Phi) is 7.61. The van der Waals surface area contributed by atoms with E-state index >= 15 is 0 Å². The van der Waals surface area contributed by atoms with Crippen molar-refractivity contribution in [2.24, 2.45) is 11.8 Å². The molecule has 214 valence electrons. The number of nitrogens with one attached hydrogen (secondary N) is 1. The fraction of sp³-hybridized carbons (Fsp3) is 0.516. The van der Waals surface area contributed by atoms with Crippen LogP contribution in [0.3, 0.4) is 0 Å². The summed E-state index contributed by atoms with van der Waals surface area (Å²) in [5, 5.41) is 0.742. The maximum Gasteiger partial charge on any atom is 0.264 e. The molecule has 2 aromatic rings. The van der Waals surface area contributed by atoms with Crippen LogP contribution in [0.15, 0.2) is 53.4 Å². The molecule has 2 heterocycles. The summed E-state index contributed by atoms with van der Waals surface area (Å²) in [4.78, 5) is 14.9. The number of anilines is 1. The van der Waals surface area contributed by atoms with Crippen LogP contribution < -0.4 is 14.4 Å². The van der Waals surface area contributed by atoms with Gasteiger partial charge in [0.25, 0.3) is 10.0 Å². The first kappa shape index (κ1) is 27.6. The summed E-state index contributed by atoms with van der Waals surface area (Å²) in [6, 6.07) is 11.2. The molecule has 2 aromatic carbocycles. The molecule has 2 bridgehead atoms. The normalized spacial score (nSPS) is 30.6. The van der Waals surface area contributed by atoms with Crippen molar-refractivity contribution in [2.45, 2.75) is 67.8 Å². The number of hydrogen-bond acceptors (Lipinski definition) is 6. The summed E-state index contributed by atoms with van der Waals surface area (Å²) >= 11 is 6.38. The Morgan fingerprint density at radius 2 is 2.00 bits per heavy atom. The van der Waals surface area contributed by atoms with Gasteiger partial charge in [-0.05, 0) is 98.2 Å². The fourth-order valence-corrected chi connectivity index (χ4v) is 8.29. The highest BCUT2D eigenvalue weighted by molar-refractivity contribution is 7.90. The van der Waals surface area contributed by atoms with Gasteiger partial charge in [0.15, 0.2) is 0 Å². The highest BCUT2D eigenvalue weighted by atomic mass is 35.5. The zero-order valence-electron chi connectivity index (χ0n) is 22.9. The van der Waals surface area contributed by atoms with Crippen molar-refractivity contribution in [3.05, 3.63) is 64.7 Å². The third-order valence-corrected chi connectivity index (χ3v) is 10.9. The van der Waals surface area contributed by atoms with E-state index in [-0.39, 0.29) is 22.8 Å². The molecule has 0 saturated heterocycles. The number of halogens is 1. The first-order chi connectivity index (χ1) is 19.3. The topological polar surface area (TPSA) is 84.9 Å². The number of carbonyl (C=O) groups is 1. The minimum atomic E-state index is -4.02. The van der Waals surface area contributed by atoms with Crippen LogP contribution in [0.4, 0.5) is 5.69 Å². The van der Waals surface area contributed by atoms with E-state index < -0.39 is 15.9 Å². The standard InChI is InChI=1S/C31H37ClN2O5S/c1-38-28-7-3-2-4-8-30(35)33-40(36,37)24-11-14-29-27(17-24)34(18-22-9-12-25(22)28)19-31(20-39-29)15-5-6-21-16-23(32)10-13-26(21)31/h3,7,10-11,13-14,16-17,22,25,28H,2,4-6,8-9,12,15,18-20H2,1H3,(H,33,35)/b7-3-/t22-,25+,28-,31-/m0/s1. The second-order valence-electron chi connectivity index (χ2n) is 11.8. The lowest BCUT2D eigenvalue weighted by atomic mass is 9.68. The molecule has 4 aliphatic rings. The van der Waals surface area contributed by atoms with E-state index in [4.69, 9.17) is 21.1 Å². The van der Waals surface area contributed by atoms with Gasteiger partial charge < -0.3 is 14.4 Å². The number of hydrogen-bond donors (Lipinski definition) is 1. The van der Waals surface area contributed by atoms with Crippen LogP contribution in [0.5, 0.6) is 5.75 Å². The molecule has 0 unspecified atom stereocenters. The van der Waals surface area contributed by atoms with Crippen molar-refractivity contribution in [1.82, 2.24) is 4.72 Å². The Labute approximate surface area is 241 Å². The van der Waals surface area contributed by atoms with Gasteiger partial charge in [-0.25, -0.2) is 13.1 Å². The van der Waals surface area contributed by atoms with Gasteiger partial charge in [0.05, 0.1) is 23.3 Å². The third-order valence-electron chi connectivity index (χ3n) is 9.29. The van der Waals surface area contributed by atoms with Gasteiger partial charge in [0.2, 0.25) is 5.91 Å². The number of nitrogens with zero attached hydrogens (tertiary/aromatic N) is 1. The van der Waals surface area contributed by atoms with Gasteiger partial charge in [-0.3, -0.25) is 4.79 Å². The molecular formula is C31H37ClN2O5S. The van der Waals surface area contributed by atoms with Crippen LogP contribution in [-0.4, -0.2) is 47.2 Å². The van der Waals surface area contributed by atoms with Crippen molar-refractivity contribution in [2.75, 3.05) is 31.7 Å². The van der Waals surface area contributed by atoms with Crippen molar-refractivity contribution in [1.29, 1.82) is 0 Å². The molecule has 0 radical (unpaired) electrons. The van der Waals surface area contributed by atoms with Crippen LogP contribution in [0.25, 0.3) is 0 Å². The molecule has 7 nitrogen and oxygen atoms in total. The number of fused-ring (bicyclic) bond motifs is 4. The second kappa shape index (κ2) is 11.0. The monoisotopic (exact) mass is 584 g/mol. The number of carbonyl (C=O) groups excluding carboxylic acids is 1. The average Bonchev–Trinajstić information content (AvgIpc) is 3.06. The van der Waals surface area contributed by atoms with E-state index in [0.29, 0.717) is 43.6 Å². The van der Waals surface area contributed by atoms with Gasteiger partial charge >= 0.3 is 0 Å². The van der Waals surface area contributed by atoms with Crippen molar-refractivity contribution < 1.29 is 22.7 Å². The smallest absolute Gasteiger partial charge is 0.264 e. The summed E-state index contributed by atoms with van der Waals surface area (Å²) in [7, 11) is -2.25. The predicted octanol–water partition coefficient (Wildman–Crippen LogP) is 5.40. The first-order valence-electron chi connectivity index (χ1n) is 14.3. The van der Waals surface area contributed by atoms with Crippen LogP contribution in [0, 0.1) is 11.8 Å². The molecule has 0 aromatic heterocycles. The van der Waals surface area contributed by atoms with Crippen molar-refractivity contribution in [3.8, 4) is 5.75 Å². The minimum Gasteiger partial charge on any atom is -0.490 e. The van der Waals surface area contributed by atoms with E-state index in [0.717, 1.165) is 49.4 Å². The van der Waals surface area contributed by atoms with Gasteiger partial charge in [0, 0.05) is 37.1 Å². The average molecular weight is 585 g/mol. The zero-order valence-corrected chi connectivity index (χ0v) is 24.5. The summed E-state index contributed by atoms with van der Waals surface area (Å²) in [5.74, 6) is 0.954. The molecule has 1 fully saturated rings. The van der Waals surface area contributed by atoms with E-state index in [1.54, 1.807) is 19.2 Å². The molecule has 1 amide bonds. The van der Waals surface area contributed by atoms with Crippen LogP contribution >= 0.6 is 11.6 Å². The lowest BCUT2D eigenvalue weighted by Gasteiger charge is -2.46. The quantitative estimate of drug-likeness (QED) is 0.452. The molecule has 2 aliphatic carbocycles. The number of rotatable bonds is 1. The number of allylic oxidation sites excluding steroid dienone is 1. The lowest BCUT2D eigenvalue weighted by molar-refractivity contribution is -0.119. The van der Waals surface area contributed by atoms with Gasteiger partial charge in [-0.1, -0.05) is 29.8 Å². The van der Waals surface area contributed by atoms with Gasteiger partial charge in [0.1, 0.15) is 5.75 Å². The Morgan fingerprint density at radius 1 is 1.12 bits per heavy atom. The molecule has 1 spiro atoms. The summed E-state index contributed by atoms with van der Waals surface area (Å²) in [6.45, 7) is 1.99. The number of aryl methyl sites for hydroxylation is 1. The Balaban J connectivity index is 1.43. The zero-order chi connectivity index (χ0) is 27.9. The van der Waals surface area contributed by atoms with Crippen LogP contribution in [0.1, 0.15) is 56.1 Å². The number of sulfonamides is 1. The van der Waals surface area contributed by atoms with Crippen molar-refractivity contribution in [3.63, 3.8) is 0 Å². The van der Waals surface area contributed by atoms with Gasteiger partial charge in [-0.15, -0.1) is 0 Å². The third kappa shape index (κ3) is 5.26. The summed E-state index contributed by atoms with van der Waals surface area (Å²) < 4.78 is 41.2. The molecule has 6 rings (SSSR count). The molecule has 9 heteroatoms. The number of ether oxygens (including phenoxy) is 2. The maximum absolute atomic E-state index is 13.2. The number of amides is 1. The molecule has 1 N–H and O–H groups in total. The lowest BCUT2D eigenvalue weighted by Crippen LogP contribution is -2.49. The van der Waals surface area contributed by atoms with Crippen LogP contribution in [-0.2, 0) is 31.4 Å². The van der Waals surface area contributed by atoms with Crippen LogP contribution in [0.2, 0.25) is 5.02 Å². The molecule has 2 aliphatic heterocycles. The number of benzene rings is 2. The Morgan fingerprint density at radius 3 is 2.80 bits per heavy atom. The highest BCUT2D eigenvalue weighted by Crippen LogP contribution is 2.47. The predicted molar refractivity (Wildman–Crippen MR) is 156 cm³/mol. The first-order valence-corrected chi connectivity index (χ1v) is 16.2. The maximum atomic E-state index is 13.2. The largest absolute Gasteiger partial charge is 0.490 e. The summed E-state index contributed by atoms with van der Waals surface area (Å²) in [5.41, 5.74) is 3.05. The Bertz CT molecular complexity index is 1430. The van der Waals surface area contributed by atoms with E-state index in [2.05, 4.69) is 33.9 Å². The SMILES string of the molecule is CO[C@H]1/C=C\CCCC(=O)NS(=O)(=O)c2ccc3c(c2)N(C[C@@H]2CC[C@H]21)C[C@@]1(CCCc2cc(Cl)ccc21)CO3. The van der Waals surface area contributed by atoms with E-state index in [9.17, 15) is 13.2 Å². The van der Waals surface area contributed by atoms with E-state index in [1.807, 2.05) is 6.07 Å². The highest BCUT2D eigenvalue weighted by Gasteiger charge is 2.44. The van der Waals surface area contributed by atoms with E-state index in [1.165, 1.54) is 17.2 Å². The summed E-state index contributed by atoms with van der Waals surface area (Å²) in [6.07, 6.45) is 10.8. The molecular weight excluding hydrogens is 548 g/mol. The number of methoxy groups -OCH3 is 1. The second-order valence-corrected chi connectivity index (χ2v) is 13.9. The molecule has 1 saturated carbocycles. The van der Waals surface area contributed by atoms with Gasteiger partial charge in [-0.2, -0.15) is 0 Å².